The molecule has 0 fully saturated rings. The number of furan rings is 1. The van der Waals surface area contributed by atoms with Gasteiger partial charge >= 0.3 is 0 Å². The van der Waals surface area contributed by atoms with Crippen LogP contribution in [0.1, 0.15) is 0 Å². The standard InChI is InChI=1S/C36H24ClNO/c37-28-11-9-10-25(22-28)26-18-20-32-33-23-27(19-21-35(33)39-36(32)24-26)31-16-7-8-17-34(31)38(29-12-3-1-4-13-29)30-14-5-2-6-15-30/h1-24H. The van der Waals surface area contributed by atoms with E-state index < -0.39 is 0 Å². The minimum atomic E-state index is 0.723. The summed E-state index contributed by atoms with van der Waals surface area (Å²) in [5.41, 5.74) is 9.51. The van der Waals surface area contributed by atoms with Gasteiger partial charge in [0.15, 0.2) is 0 Å². The Kier molecular flexibility index (Phi) is 5.88. The molecule has 0 bridgehead atoms. The van der Waals surface area contributed by atoms with E-state index in [1.165, 1.54) is 0 Å². The van der Waals surface area contributed by atoms with E-state index in [9.17, 15) is 0 Å². The van der Waals surface area contributed by atoms with Crippen LogP contribution < -0.4 is 4.90 Å². The van der Waals surface area contributed by atoms with E-state index in [1.54, 1.807) is 0 Å². The summed E-state index contributed by atoms with van der Waals surface area (Å²) >= 11 is 6.24. The van der Waals surface area contributed by atoms with Gasteiger partial charge in [0, 0.05) is 32.7 Å². The minimum absolute atomic E-state index is 0.723. The fourth-order valence-corrected chi connectivity index (χ4v) is 5.48. The first-order chi connectivity index (χ1) is 19.2. The maximum Gasteiger partial charge on any atom is 0.136 e. The van der Waals surface area contributed by atoms with Gasteiger partial charge in [0.2, 0.25) is 0 Å². The number of rotatable bonds is 5. The minimum Gasteiger partial charge on any atom is -0.456 e. The Labute approximate surface area is 232 Å². The molecule has 0 N–H and O–H groups in total. The number of hydrogen-bond acceptors (Lipinski definition) is 2. The maximum atomic E-state index is 6.31. The quantitative estimate of drug-likeness (QED) is 0.224. The van der Waals surface area contributed by atoms with Crippen molar-refractivity contribution in [2.75, 3.05) is 4.90 Å². The molecule has 1 heterocycles. The van der Waals surface area contributed by atoms with Crippen molar-refractivity contribution in [1.29, 1.82) is 0 Å². The first-order valence-electron chi connectivity index (χ1n) is 13.0. The Hall–Kier alpha value is -4.79. The molecule has 7 aromatic rings. The average molecular weight is 522 g/mol. The van der Waals surface area contributed by atoms with Gasteiger partial charge in [-0.1, -0.05) is 90.5 Å². The monoisotopic (exact) mass is 521 g/mol. The van der Waals surface area contributed by atoms with Crippen LogP contribution in [0, 0.1) is 0 Å². The van der Waals surface area contributed by atoms with Gasteiger partial charge in [0.1, 0.15) is 11.2 Å². The predicted molar refractivity (Wildman–Crippen MR) is 164 cm³/mol. The molecule has 0 spiro atoms. The molecule has 0 amide bonds. The van der Waals surface area contributed by atoms with Gasteiger partial charge in [-0.3, -0.25) is 0 Å². The lowest BCUT2D eigenvalue weighted by Gasteiger charge is -2.27. The Morgan fingerprint density at radius 3 is 1.87 bits per heavy atom. The molecule has 39 heavy (non-hydrogen) atoms. The third-order valence-electron chi connectivity index (χ3n) is 7.11. The number of fused-ring (bicyclic) bond motifs is 3. The molecule has 0 aliphatic carbocycles. The zero-order valence-corrected chi connectivity index (χ0v) is 21.8. The summed E-state index contributed by atoms with van der Waals surface area (Å²) in [4.78, 5) is 2.31. The Balaban J connectivity index is 1.37. The van der Waals surface area contributed by atoms with Crippen molar-refractivity contribution in [1.82, 2.24) is 0 Å². The van der Waals surface area contributed by atoms with E-state index in [0.717, 1.165) is 66.3 Å². The van der Waals surface area contributed by atoms with Gasteiger partial charge in [0.05, 0.1) is 5.69 Å². The molecule has 0 aliphatic heterocycles. The van der Waals surface area contributed by atoms with E-state index in [0.29, 0.717) is 0 Å². The third kappa shape index (κ3) is 4.35. The number of anilines is 3. The van der Waals surface area contributed by atoms with E-state index in [1.807, 2.05) is 30.3 Å². The lowest BCUT2D eigenvalue weighted by atomic mass is 9.99. The van der Waals surface area contributed by atoms with Crippen LogP contribution in [0.25, 0.3) is 44.2 Å². The number of hydrogen-bond donors (Lipinski definition) is 0. The van der Waals surface area contributed by atoms with E-state index in [-0.39, 0.29) is 0 Å². The summed E-state index contributed by atoms with van der Waals surface area (Å²) < 4.78 is 6.31. The number of benzene rings is 6. The zero-order chi connectivity index (χ0) is 26.2. The Morgan fingerprint density at radius 1 is 0.462 bits per heavy atom. The highest BCUT2D eigenvalue weighted by molar-refractivity contribution is 6.30. The topological polar surface area (TPSA) is 16.4 Å². The van der Waals surface area contributed by atoms with Gasteiger partial charge in [-0.25, -0.2) is 0 Å². The van der Waals surface area contributed by atoms with Crippen LogP contribution in [0.2, 0.25) is 5.02 Å². The molecule has 3 heteroatoms. The molecule has 0 saturated carbocycles. The average Bonchev–Trinajstić information content (AvgIpc) is 3.36. The lowest BCUT2D eigenvalue weighted by molar-refractivity contribution is 0.669. The lowest BCUT2D eigenvalue weighted by Crippen LogP contribution is -2.10. The van der Waals surface area contributed by atoms with Crippen molar-refractivity contribution >= 4 is 50.6 Å². The molecule has 0 radical (unpaired) electrons. The van der Waals surface area contributed by atoms with Crippen LogP contribution >= 0.6 is 11.6 Å². The second-order valence-corrected chi connectivity index (χ2v) is 9.99. The fourth-order valence-electron chi connectivity index (χ4n) is 5.29. The maximum absolute atomic E-state index is 6.31. The summed E-state index contributed by atoms with van der Waals surface area (Å²) in [6.45, 7) is 0. The van der Waals surface area contributed by atoms with Crippen LogP contribution in [-0.2, 0) is 0 Å². The van der Waals surface area contributed by atoms with Gasteiger partial charge in [-0.15, -0.1) is 0 Å². The molecular formula is C36H24ClNO. The van der Waals surface area contributed by atoms with E-state index in [4.69, 9.17) is 16.0 Å². The molecule has 0 aliphatic rings. The van der Waals surface area contributed by atoms with Crippen molar-refractivity contribution in [2.24, 2.45) is 0 Å². The van der Waals surface area contributed by atoms with Crippen molar-refractivity contribution in [3.05, 3.63) is 151 Å². The first-order valence-corrected chi connectivity index (χ1v) is 13.3. The molecule has 6 aromatic carbocycles. The SMILES string of the molecule is Clc1cccc(-c2ccc3c(c2)oc2ccc(-c4ccccc4N(c4ccccc4)c4ccccc4)cc23)c1. The molecule has 2 nitrogen and oxygen atoms in total. The summed E-state index contributed by atoms with van der Waals surface area (Å²) in [5.74, 6) is 0. The zero-order valence-electron chi connectivity index (χ0n) is 21.1. The van der Waals surface area contributed by atoms with Crippen molar-refractivity contribution in [3.8, 4) is 22.3 Å². The predicted octanol–water partition coefficient (Wildman–Crippen LogP) is 11.0. The molecule has 0 atom stereocenters. The highest BCUT2D eigenvalue weighted by atomic mass is 35.5. The van der Waals surface area contributed by atoms with Crippen molar-refractivity contribution in [2.45, 2.75) is 0 Å². The number of nitrogens with zero attached hydrogens (tertiary/aromatic N) is 1. The highest BCUT2D eigenvalue weighted by Gasteiger charge is 2.17. The summed E-state index contributed by atoms with van der Waals surface area (Å²) in [6.07, 6.45) is 0. The van der Waals surface area contributed by atoms with Crippen LogP contribution in [0.5, 0.6) is 0 Å². The number of para-hydroxylation sites is 3. The third-order valence-corrected chi connectivity index (χ3v) is 7.35. The summed E-state index contributed by atoms with van der Waals surface area (Å²) in [6, 6.07) is 50.3. The van der Waals surface area contributed by atoms with Crippen LogP contribution in [0.3, 0.4) is 0 Å². The summed E-state index contributed by atoms with van der Waals surface area (Å²) in [5, 5.41) is 2.92. The largest absolute Gasteiger partial charge is 0.456 e. The molecule has 7 rings (SSSR count). The van der Waals surface area contributed by atoms with Crippen molar-refractivity contribution < 1.29 is 4.42 Å². The Morgan fingerprint density at radius 2 is 1.13 bits per heavy atom. The molecule has 0 unspecified atom stereocenters. The van der Waals surface area contributed by atoms with Gasteiger partial charge in [-0.2, -0.15) is 0 Å². The highest BCUT2D eigenvalue weighted by Crippen LogP contribution is 2.42. The van der Waals surface area contributed by atoms with E-state index in [2.05, 4.69) is 120 Å². The van der Waals surface area contributed by atoms with Gasteiger partial charge < -0.3 is 9.32 Å². The van der Waals surface area contributed by atoms with Gasteiger partial charge in [-0.05, 0) is 83.4 Å². The van der Waals surface area contributed by atoms with Crippen LogP contribution in [0.15, 0.2) is 150 Å². The van der Waals surface area contributed by atoms with Crippen LogP contribution in [0.4, 0.5) is 17.1 Å². The molecule has 0 saturated heterocycles. The second-order valence-electron chi connectivity index (χ2n) is 9.56. The second kappa shape index (κ2) is 9.83. The number of halogens is 1. The fraction of sp³-hybridized carbons (Fsp3) is 0. The molecular weight excluding hydrogens is 498 g/mol. The normalized spacial score (nSPS) is 11.2. The smallest absolute Gasteiger partial charge is 0.136 e. The van der Waals surface area contributed by atoms with Crippen molar-refractivity contribution in [3.63, 3.8) is 0 Å². The van der Waals surface area contributed by atoms with Gasteiger partial charge in [0.25, 0.3) is 0 Å². The summed E-state index contributed by atoms with van der Waals surface area (Å²) in [7, 11) is 0. The first kappa shape index (κ1) is 23.3. The van der Waals surface area contributed by atoms with Crippen LogP contribution in [-0.4, -0.2) is 0 Å². The molecule has 1 aromatic heterocycles. The molecule has 186 valence electrons. The Bertz CT molecular complexity index is 1890. The van der Waals surface area contributed by atoms with E-state index >= 15 is 0 Å².